The summed E-state index contributed by atoms with van der Waals surface area (Å²) in [4.78, 5) is 37.6. The van der Waals surface area contributed by atoms with Gasteiger partial charge in [0.2, 0.25) is 11.8 Å². The van der Waals surface area contributed by atoms with Gasteiger partial charge in [-0.15, -0.1) is 0 Å². The van der Waals surface area contributed by atoms with E-state index < -0.39 is 17.4 Å². The minimum atomic E-state index is -0.719. The number of rotatable bonds is 6. The normalized spacial score (nSPS) is 28.3. The largest absolute Gasteiger partial charge is 0.497 e. The Labute approximate surface area is 180 Å². The molecule has 8 heteroatoms. The van der Waals surface area contributed by atoms with Gasteiger partial charge in [0.25, 0.3) is 0 Å². The number of likely N-dealkylation sites (tertiary alicyclic amines) is 1. The summed E-state index contributed by atoms with van der Waals surface area (Å²) < 4.78 is 11.5. The summed E-state index contributed by atoms with van der Waals surface area (Å²) >= 11 is 0. The molecule has 4 atom stereocenters. The van der Waals surface area contributed by atoms with E-state index in [0.717, 1.165) is 22.8 Å². The Bertz CT molecular complexity index is 1060. The molecule has 8 nitrogen and oxygen atoms in total. The molecule has 3 aliphatic rings. The molecular formula is C23H26N4O4. The van der Waals surface area contributed by atoms with E-state index in [4.69, 9.17) is 9.47 Å². The highest BCUT2D eigenvalue weighted by atomic mass is 16.5. The van der Waals surface area contributed by atoms with Crippen molar-refractivity contribution >= 4 is 11.8 Å². The molecule has 3 aliphatic heterocycles. The maximum Gasteiger partial charge on any atom is 0.230 e. The molecule has 0 aliphatic carbocycles. The molecule has 1 aromatic carbocycles. The highest BCUT2D eigenvalue weighted by molar-refractivity contribution is 5.93. The average Bonchev–Trinajstić information content (AvgIpc) is 3.50. The second kappa shape index (κ2) is 7.23. The third-order valence-corrected chi connectivity index (χ3v) is 6.49. The summed E-state index contributed by atoms with van der Waals surface area (Å²) in [6.07, 6.45) is 5.29. The minimum absolute atomic E-state index is 0.0322. The first kappa shape index (κ1) is 19.8. The van der Waals surface area contributed by atoms with Crippen molar-refractivity contribution in [2.45, 2.75) is 31.7 Å². The van der Waals surface area contributed by atoms with Crippen molar-refractivity contribution in [1.82, 2.24) is 19.8 Å². The molecule has 4 heterocycles. The van der Waals surface area contributed by atoms with Crippen LogP contribution in [0.3, 0.4) is 0 Å². The van der Waals surface area contributed by atoms with Gasteiger partial charge in [0, 0.05) is 25.5 Å². The number of carbonyl (C=O) groups is 2. The van der Waals surface area contributed by atoms with Gasteiger partial charge in [-0.25, -0.2) is 4.98 Å². The smallest absolute Gasteiger partial charge is 0.230 e. The fourth-order valence-electron chi connectivity index (χ4n) is 5.09. The lowest BCUT2D eigenvalue weighted by atomic mass is 9.76. The number of fused-ring (bicyclic) bond motifs is 1. The molecule has 2 aromatic rings. The summed E-state index contributed by atoms with van der Waals surface area (Å²) in [7, 11) is 3.37. The fraction of sp³-hybridized carbons (Fsp3) is 0.435. The molecule has 1 spiro atoms. The zero-order valence-corrected chi connectivity index (χ0v) is 17.9. The Hall–Kier alpha value is -3.13. The van der Waals surface area contributed by atoms with E-state index in [1.165, 1.54) is 0 Å². The number of hydrogen-bond acceptors (Lipinski definition) is 5. The predicted octanol–water partition coefficient (Wildman–Crippen LogP) is 1.67. The van der Waals surface area contributed by atoms with Gasteiger partial charge in [-0.2, -0.15) is 0 Å². The Morgan fingerprint density at radius 1 is 1.45 bits per heavy atom. The molecule has 0 saturated carbocycles. The van der Waals surface area contributed by atoms with Crippen molar-refractivity contribution in [3.05, 3.63) is 59.7 Å². The summed E-state index contributed by atoms with van der Waals surface area (Å²) in [6, 6.07) is 7.68. The topological polar surface area (TPSA) is 87.8 Å². The SMILES string of the molecule is COc1cccc(CN2C[C@@]34C=C[C@@H](O3)C(C(=O)N(C)Cc3ncc(C)[nH]3)C4C2=O)c1. The fourth-order valence-corrected chi connectivity index (χ4v) is 5.09. The number of ether oxygens (including phenoxy) is 2. The van der Waals surface area contributed by atoms with Crippen LogP contribution in [0.5, 0.6) is 5.75 Å². The second-order valence-corrected chi connectivity index (χ2v) is 8.65. The molecule has 2 unspecified atom stereocenters. The Morgan fingerprint density at radius 3 is 3.03 bits per heavy atom. The molecule has 162 valence electrons. The van der Waals surface area contributed by atoms with Crippen LogP contribution in [0.2, 0.25) is 0 Å². The Kier molecular flexibility index (Phi) is 4.62. The third-order valence-electron chi connectivity index (χ3n) is 6.49. The molecule has 5 rings (SSSR count). The van der Waals surface area contributed by atoms with Crippen LogP contribution >= 0.6 is 0 Å². The van der Waals surface area contributed by atoms with Gasteiger partial charge >= 0.3 is 0 Å². The maximum atomic E-state index is 13.4. The molecule has 2 amide bonds. The van der Waals surface area contributed by atoms with E-state index in [1.807, 2.05) is 43.3 Å². The lowest BCUT2D eigenvalue weighted by molar-refractivity contribution is -0.143. The second-order valence-electron chi connectivity index (χ2n) is 8.65. The number of aryl methyl sites for hydroxylation is 1. The van der Waals surface area contributed by atoms with Gasteiger partial charge in [0.15, 0.2) is 0 Å². The molecular weight excluding hydrogens is 396 g/mol. The van der Waals surface area contributed by atoms with Crippen molar-refractivity contribution < 1.29 is 19.1 Å². The molecule has 1 aromatic heterocycles. The summed E-state index contributed by atoms with van der Waals surface area (Å²) in [5.41, 5.74) is 1.21. The number of benzene rings is 1. The average molecular weight is 422 g/mol. The zero-order valence-electron chi connectivity index (χ0n) is 17.9. The van der Waals surface area contributed by atoms with E-state index in [2.05, 4.69) is 9.97 Å². The van der Waals surface area contributed by atoms with Crippen molar-refractivity contribution in [2.75, 3.05) is 20.7 Å². The molecule has 1 N–H and O–H groups in total. The van der Waals surface area contributed by atoms with E-state index in [9.17, 15) is 9.59 Å². The van der Waals surface area contributed by atoms with Gasteiger partial charge in [0.05, 0.1) is 38.1 Å². The van der Waals surface area contributed by atoms with E-state index in [-0.39, 0.29) is 17.9 Å². The number of carbonyl (C=O) groups excluding carboxylic acids is 2. The van der Waals surface area contributed by atoms with Crippen molar-refractivity contribution in [1.29, 1.82) is 0 Å². The Balaban J connectivity index is 1.35. The van der Waals surface area contributed by atoms with Gasteiger partial charge in [-0.05, 0) is 24.6 Å². The molecule has 2 saturated heterocycles. The highest BCUT2D eigenvalue weighted by Crippen LogP contribution is 2.52. The number of aromatic nitrogens is 2. The number of imidazole rings is 1. The Morgan fingerprint density at radius 2 is 2.29 bits per heavy atom. The van der Waals surface area contributed by atoms with Crippen LogP contribution in [-0.2, 0) is 27.4 Å². The molecule has 0 radical (unpaired) electrons. The monoisotopic (exact) mass is 422 g/mol. The minimum Gasteiger partial charge on any atom is -0.497 e. The highest BCUT2D eigenvalue weighted by Gasteiger charge is 2.67. The van der Waals surface area contributed by atoms with E-state index in [1.54, 1.807) is 30.2 Å². The first-order valence-corrected chi connectivity index (χ1v) is 10.4. The van der Waals surface area contributed by atoms with Gasteiger partial charge in [-0.3, -0.25) is 9.59 Å². The van der Waals surface area contributed by atoms with Crippen LogP contribution < -0.4 is 4.74 Å². The first-order valence-electron chi connectivity index (χ1n) is 10.4. The van der Waals surface area contributed by atoms with Crippen LogP contribution in [0, 0.1) is 18.8 Å². The zero-order chi connectivity index (χ0) is 21.8. The predicted molar refractivity (Wildman–Crippen MR) is 112 cm³/mol. The quantitative estimate of drug-likeness (QED) is 0.716. The molecule has 31 heavy (non-hydrogen) atoms. The summed E-state index contributed by atoms with van der Waals surface area (Å²) in [5.74, 6) is 0.333. The number of nitrogens with one attached hydrogen (secondary N) is 1. The first-order chi connectivity index (χ1) is 14.9. The standard InChI is InChI=1S/C23H26N4O4/c1-14-10-24-18(25-14)12-26(2)21(28)19-17-7-8-23(31-17)13-27(22(29)20(19)23)11-15-5-4-6-16(9-15)30-3/h4-10,17,19-20H,11-13H2,1-3H3,(H,24,25)/t17-,19?,20?,23-/m1/s1. The summed E-state index contributed by atoms with van der Waals surface area (Å²) in [6.45, 7) is 3.19. The van der Waals surface area contributed by atoms with Crippen molar-refractivity contribution in [3.63, 3.8) is 0 Å². The number of nitrogens with zero attached hydrogens (tertiary/aromatic N) is 3. The van der Waals surface area contributed by atoms with Crippen molar-refractivity contribution in [2.24, 2.45) is 11.8 Å². The van der Waals surface area contributed by atoms with E-state index >= 15 is 0 Å². The van der Waals surface area contributed by atoms with Crippen LogP contribution in [0.1, 0.15) is 17.1 Å². The third kappa shape index (κ3) is 3.22. The maximum absolute atomic E-state index is 13.4. The van der Waals surface area contributed by atoms with Gasteiger partial charge in [-0.1, -0.05) is 24.3 Å². The summed E-state index contributed by atoms with van der Waals surface area (Å²) in [5, 5.41) is 0. The van der Waals surface area contributed by atoms with E-state index in [0.29, 0.717) is 19.6 Å². The van der Waals surface area contributed by atoms with Crippen LogP contribution in [0.15, 0.2) is 42.6 Å². The number of amides is 2. The van der Waals surface area contributed by atoms with Crippen molar-refractivity contribution in [3.8, 4) is 5.75 Å². The molecule has 2 bridgehead atoms. The number of H-pyrrole nitrogens is 1. The van der Waals surface area contributed by atoms with Crippen LogP contribution in [-0.4, -0.2) is 64.0 Å². The van der Waals surface area contributed by atoms with Gasteiger partial charge in [0.1, 0.15) is 17.2 Å². The number of hydrogen-bond donors (Lipinski definition) is 1. The van der Waals surface area contributed by atoms with Crippen LogP contribution in [0.4, 0.5) is 0 Å². The van der Waals surface area contributed by atoms with Crippen LogP contribution in [0.25, 0.3) is 0 Å². The number of methoxy groups -OCH3 is 1. The van der Waals surface area contributed by atoms with Gasteiger partial charge < -0.3 is 24.3 Å². The lowest BCUT2D eigenvalue weighted by Gasteiger charge is -2.27. The molecule has 2 fully saturated rings. The lowest BCUT2D eigenvalue weighted by Crippen LogP contribution is -2.44. The number of aromatic amines is 1.